The van der Waals surface area contributed by atoms with Crippen molar-refractivity contribution in [3.8, 4) is 0 Å². The fourth-order valence-corrected chi connectivity index (χ4v) is 2.49. The lowest BCUT2D eigenvalue weighted by Gasteiger charge is -2.49. The average molecular weight is 227 g/mol. The van der Waals surface area contributed by atoms with Crippen LogP contribution in [0.4, 0.5) is 0 Å². The highest BCUT2D eigenvalue weighted by Gasteiger charge is 2.47. The summed E-state index contributed by atoms with van der Waals surface area (Å²) in [6.07, 6.45) is 2.24. The van der Waals surface area contributed by atoms with E-state index in [2.05, 4.69) is 24.0 Å². The summed E-state index contributed by atoms with van der Waals surface area (Å²) >= 11 is 4.85. The molecular formula is C10H17N3OS. The van der Waals surface area contributed by atoms with Gasteiger partial charge in [-0.25, -0.2) is 0 Å². The van der Waals surface area contributed by atoms with Crippen molar-refractivity contribution < 1.29 is 4.52 Å². The Kier molecular flexibility index (Phi) is 2.28. The maximum atomic E-state index is 6.28. The molecule has 1 unspecified atom stereocenters. The van der Waals surface area contributed by atoms with Crippen molar-refractivity contribution in [2.24, 2.45) is 17.1 Å². The molecule has 0 spiro atoms. The van der Waals surface area contributed by atoms with Gasteiger partial charge in [-0.05, 0) is 43.3 Å². The van der Waals surface area contributed by atoms with Crippen LogP contribution in [0.15, 0.2) is 4.52 Å². The highest BCUT2D eigenvalue weighted by molar-refractivity contribution is 7.71. The zero-order valence-electron chi connectivity index (χ0n) is 9.33. The van der Waals surface area contributed by atoms with Crippen LogP contribution in [0.3, 0.4) is 0 Å². The third-order valence-electron chi connectivity index (χ3n) is 3.40. The summed E-state index contributed by atoms with van der Waals surface area (Å²) in [4.78, 5) is 3.20. The fraction of sp³-hybridized carbons (Fsp3) is 0.800. The van der Waals surface area contributed by atoms with Crippen LogP contribution in [0.2, 0.25) is 0 Å². The highest BCUT2D eigenvalue weighted by Crippen LogP contribution is 2.51. The van der Waals surface area contributed by atoms with Gasteiger partial charge in [0.15, 0.2) is 5.82 Å². The second-order valence-corrected chi connectivity index (χ2v) is 5.87. The molecule has 0 amide bonds. The van der Waals surface area contributed by atoms with Gasteiger partial charge in [0.25, 0.3) is 4.84 Å². The van der Waals surface area contributed by atoms with Gasteiger partial charge in [-0.2, -0.15) is 0 Å². The van der Waals surface area contributed by atoms with E-state index in [4.69, 9.17) is 22.5 Å². The molecule has 4 nitrogen and oxygen atoms in total. The number of aromatic nitrogens is 2. The van der Waals surface area contributed by atoms with Crippen LogP contribution >= 0.6 is 12.2 Å². The van der Waals surface area contributed by atoms with Crippen LogP contribution in [0, 0.1) is 16.2 Å². The Bertz CT molecular complexity index is 410. The number of H-pyrrole nitrogens is 1. The zero-order valence-corrected chi connectivity index (χ0v) is 10.1. The summed E-state index contributed by atoms with van der Waals surface area (Å²) in [5.41, 5.74) is 6.22. The summed E-state index contributed by atoms with van der Waals surface area (Å²) in [7, 11) is 0. The molecule has 0 aliphatic heterocycles. The number of nitrogens with one attached hydrogen (secondary N) is 1. The molecule has 1 heterocycles. The van der Waals surface area contributed by atoms with Gasteiger partial charge >= 0.3 is 0 Å². The first-order valence-corrected chi connectivity index (χ1v) is 5.57. The van der Waals surface area contributed by atoms with Gasteiger partial charge in [0.2, 0.25) is 0 Å². The van der Waals surface area contributed by atoms with Crippen molar-refractivity contribution in [3.05, 3.63) is 10.7 Å². The second kappa shape index (κ2) is 3.15. The second-order valence-electron chi connectivity index (χ2n) is 5.50. The van der Waals surface area contributed by atoms with Gasteiger partial charge in [0, 0.05) is 0 Å². The minimum absolute atomic E-state index is 0.292. The van der Waals surface area contributed by atoms with E-state index < -0.39 is 5.54 Å². The van der Waals surface area contributed by atoms with E-state index in [0.717, 1.165) is 12.8 Å². The van der Waals surface area contributed by atoms with Crippen LogP contribution < -0.4 is 5.73 Å². The molecule has 1 saturated carbocycles. The summed E-state index contributed by atoms with van der Waals surface area (Å²) < 4.78 is 4.85. The van der Waals surface area contributed by atoms with Crippen LogP contribution in [-0.4, -0.2) is 10.1 Å². The summed E-state index contributed by atoms with van der Waals surface area (Å²) in [6, 6.07) is 0. The SMILES string of the molecule is CC1(C)CC(C(C)(N)c2noc(=S)[nH]2)C1. The topological polar surface area (TPSA) is 67.8 Å². The molecule has 1 fully saturated rings. The quantitative estimate of drug-likeness (QED) is 0.761. The maximum absolute atomic E-state index is 6.28. The van der Waals surface area contributed by atoms with E-state index in [0.29, 0.717) is 22.0 Å². The number of rotatable bonds is 2. The molecule has 0 aromatic carbocycles. The lowest BCUT2D eigenvalue weighted by molar-refractivity contribution is 0.0334. The first-order chi connectivity index (χ1) is 6.81. The zero-order chi connectivity index (χ0) is 11.3. The van der Waals surface area contributed by atoms with Gasteiger partial charge in [0.1, 0.15) is 0 Å². The van der Waals surface area contributed by atoms with Gasteiger partial charge in [-0.1, -0.05) is 19.0 Å². The molecule has 1 atom stereocenters. The summed E-state index contributed by atoms with van der Waals surface area (Å²) in [5, 5.41) is 3.88. The number of hydrogen-bond donors (Lipinski definition) is 2. The molecule has 1 aliphatic rings. The predicted octanol–water partition coefficient (Wildman–Crippen LogP) is 2.34. The Morgan fingerprint density at radius 3 is 2.60 bits per heavy atom. The van der Waals surface area contributed by atoms with Crippen molar-refractivity contribution in [1.82, 2.24) is 10.1 Å². The minimum Gasteiger partial charge on any atom is -0.324 e. The number of nitrogens with two attached hydrogens (primary N) is 1. The summed E-state index contributed by atoms with van der Waals surface area (Å²) in [6.45, 7) is 6.49. The number of hydrogen-bond acceptors (Lipinski definition) is 4. The Morgan fingerprint density at radius 1 is 1.60 bits per heavy atom. The van der Waals surface area contributed by atoms with Crippen molar-refractivity contribution >= 4 is 12.2 Å². The van der Waals surface area contributed by atoms with Crippen molar-refractivity contribution in [2.45, 2.75) is 39.2 Å². The average Bonchev–Trinajstić information content (AvgIpc) is 2.48. The molecule has 2 rings (SSSR count). The van der Waals surface area contributed by atoms with Crippen molar-refractivity contribution in [3.63, 3.8) is 0 Å². The van der Waals surface area contributed by atoms with E-state index in [9.17, 15) is 0 Å². The number of nitrogens with zero attached hydrogens (tertiary/aromatic N) is 1. The van der Waals surface area contributed by atoms with Crippen LogP contribution in [0.5, 0.6) is 0 Å². The van der Waals surface area contributed by atoms with Crippen molar-refractivity contribution in [2.75, 3.05) is 0 Å². The normalized spacial score (nSPS) is 24.5. The lowest BCUT2D eigenvalue weighted by atomic mass is 9.58. The fourth-order valence-electron chi connectivity index (χ4n) is 2.35. The van der Waals surface area contributed by atoms with E-state index in [1.807, 2.05) is 6.92 Å². The van der Waals surface area contributed by atoms with E-state index in [-0.39, 0.29) is 0 Å². The Morgan fingerprint density at radius 2 is 2.20 bits per heavy atom. The Balaban J connectivity index is 2.18. The van der Waals surface area contributed by atoms with Gasteiger partial charge < -0.3 is 10.3 Å². The number of aromatic amines is 1. The van der Waals surface area contributed by atoms with E-state index in [1.165, 1.54) is 0 Å². The first-order valence-electron chi connectivity index (χ1n) is 5.17. The molecule has 3 N–H and O–H groups in total. The van der Waals surface area contributed by atoms with Crippen LogP contribution in [0.25, 0.3) is 0 Å². The minimum atomic E-state index is -0.462. The molecule has 5 heteroatoms. The Labute approximate surface area is 94.2 Å². The molecule has 15 heavy (non-hydrogen) atoms. The molecule has 84 valence electrons. The third kappa shape index (κ3) is 1.86. The largest absolute Gasteiger partial charge is 0.324 e. The monoisotopic (exact) mass is 227 g/mol. The molecule has 1 aromatic heterocycles. The van der Waals surface area contributed by atoms with Crippen molar-refractivity contribution in [1.29, 1.82) is 0 Å². The molecular weight excluding hydrogens is 210 g/mol. The first kappa shape index (κ1) is 10.8. The van der Waals surface area contributed by atoms with Gasteiger partial charge in [0.05, 0.1) is 5.54 Å². The Hall–Kier alpha value is -0.680. The molecule has 1 aliphatic carbocycles. The highest BCUT2D eigenvalue weighted by atomic mass is 32.1. The van der Waals surface area contributed by atoms with E-state index in [1.54, 1.807) is 0 Å². The molecule has 1 aromatic rings. The van der Waals surface area contributed by atoms with Crippen LogP contribution in [-0.2, 0) is 5.54 Å². The van der Waals surface area contributed by atoms with Crippen LogP contribution in [0.1, 0.15) is 39.4 Å². The van der Waals surface area contributed by atoms with E-state index >= 15 is 0 Å². The predicted molar refractivity (Wildman–Crippen MR) is 59.7 cm³/mol. The standard InChI is InChI=1S/C10H17N3OS/c1-9(2)4-6(5-9)10(3,11)7-12-8(15)14-13-7/h6H,4-5,11H2,1-3H3,(H,12,13,15). The third-order valence-corrected chi connectivity index (χ3v) is 3.57. The summed E-state index contributed by atoms with van der Waals surface area (Å²) in [5.74, 6) is 1.11. The molecule has 0 saturated heterocycles. The lowest BCUT2D eigenvalue weighted by Crippen LogP contribution is -2.50. The smallest absolute Gasteiger partial charge is 0.294 e. The molecule has 0 radical (unpaired) electrons. The molecule has 0 bridgehead atoms. The van der Waals surface area contributed by atoms with Gasteiger partial charge in [-0.3, -0.25) is 4.98 Å². The maximum Gasteiger partial charge on any atom is 0.294 e. The van der Waals surface area contributed by atoms with Gasteiger partial charge in [-0.15, -0.1) is 0 Å².